The zero-order valence-corrected chi connectivity index (χ0v) is 17.5. The van der Waals surface area contributed by atoms with Gasteiger partial charge in [-0.25, -0.2) is 8.42 Å². The summed E-state index contributed by atoms with van der Waals surface area (Å²) in [5, 5.41) is 3.27. The van der Waals surface area contributed by atoms with Crippen LogP contribution in [0.25, 0.3) is 0 Å². The summed E-state index contributed by atoms with van der Waals surface area (Å²) in [6, 6.07) is 5.16. The number of nitrogens with zero attached hydrogens (tertiary/aromatic N) is 1. The molecule has 3 atom stereocenters. The molecule has 1 amide bonds. The van der Waals surface area contributed by atoms with Crippen LogP contribution >= 0.6 is 0 Å². The molecule has 5 nitrogen and oxygen atoms in total. The zero-order chi connectivity index (χ0) is 19.6. The average molecular weight is 391 g/mol. The highest BCUT2D eigenvalue weighted by Gasteiger charge is 2.59. The first-order chi connectivity index (χ1) is 12.6. The topological polar surface area (TPSA) is 66.5 Å². The minimum Gasteiger partial charge on any atom is -0.348 e. The molecule has 0 radical (unpaired) electrons. The van der Waals surface area contributed by atoms with E-state index in [0.717, 1.165) is 19.3 Å². The molecule has 1 aromatic rings. The molecule has 27 heavy (non-hydrogen) atoms. The van der Waals surface area contributed by atoms with Crippen LogP contribution in [0.4, 0.5) is 0 Å². The molecule has 1 aliphatic heterocycles. The number of nitrogens with one attached hydrogen (secondary N) is 1. The third-order valence-corrected chi connectivity index (χ3v) is 9.47. The lowest BCUT2D eigenvalue weighted by molar-refractivity contribution is 0.0737. The van der Waals surface area contributed by atoms with Gasteiger partial charge in [0.1, 0.15) is 0 Å². The van der Waals surface area contributed by atoms with Gasteiger partial charge >= 0.3 is 0 Å². The lowest BCUT2D eigenvalue weighted by Gasteiger charge is -2.43. The third-order valence-electron chi connectivity index (χ3n) is 7.43. The molecule has 148 valence electrons. The van der Waals surface area contributed by atoms with Gasteiger partial charge in [-0.2, -0.15) is 4.31 Å². The number of rotatable bonds is 4. The van der Waals surface area contributed by atoms with Crippen molar-refractivity contribution < 1.29 is 13.2 Å². The van der Waals surface area contributed by atoms with Crippen LogP contribution < -0.4 is 5.32 Å². The van der Waals surface area contributed by atoms with E-state index in [1.165, 1.54) is 10.7 Å². The van der Waals surface area contributed by atoms with Crippen LogP contribution in [0, 0.1) is 23.7 Å². The highest BCUT2D eigenvalue weighted by Crippen LogP contribution is 2.62. The highest BCUT2D eigenvalue weighted by molar-refractivity contribution is 7.89. The van der Waals surface area contributed by atoms with E-state index >= 15 is 0 Å². The monoisotopic (exact) mass is 390 g/mol. The van der Waals surface area contributed by atoms with Crippen LogP contribution in [0.3, 0.4) is 0 Å². The fourth-order valence-corrected chi connectivity index (χ4v) is 7.33. The van der Waals surface area contributed by atoms with E-state index in [1.54, 1.807) is 25.1 Å². The fraction of sp³-hybridized carbons (Fsp3) is 0.667. The van der Waals surface area contributed by atoms with Crippen molar-refractivity contribution in [2.24, 2.45) is 16.7 Å². The van der Waals surface area contributed by atoms with Gasteiger partial charge in [0.15, 0.2) is 0 Å². The van der Waals surface area contributed by atoms with Gasteiger partial charge < -0.3 is 5.32 Å². The van der Waals surface area contributed by atoms with Crippen molar-refractivity contribution in [3.63, 3.8) is 0 Å². The number of hydrogen-bond donors (Lipinski definition) is 1. The van der Waals surface area contributed by atoms with Crippen LogP contribution in [0.5, 0.6) is 0 Å². The molecule has 2 saturated carbocycles. The molecule has 0 spiro atoms. The molecule has 1 aromatic carbocycles. The normalized spacial score (nSPS) is 32.3. The Morgan fingerprint density at radius 1 is 1.22 bits per heavy atom. The maximum Gasteiger partial charge on any atom is 0.251 e. The molecule has 0 aromatic heterocycles. The molecule has 1 N–H and O–H groups in total. The second-order valence-electron chi connectivity index (χ2n) is 9.56. The first-order valence-corrected chi connectivity index (χ1v) is 11.4. The molecule has 1 saturated heterocycles. The van der Waals surface area contributed by atoms with Gasteiger partial charge in [-0.15, -0.1) is 0 Å². The number of aryl methyl sites for hydroxylation is 1. The molecule has 4 rings (SSSR count). The van der Waals surface area contributed by atoms with E-state index in [1.807, 2.05) is 0 Å². The lowest BCUT2D eigenvalue weighted by Crippen LogP contribution is -2.52. The maximum absolute atomic E-state index is 13.0. The average Bonchev–Trinajstić information content (AvgIpc) is 3.00. The Balaban J connectivity index is 1.61. The summed E-state index contributed by atoms with van der Waals surface area (Å²) >= 11 is 0. The Kier molecular flexibility index (Phi) is 4.24. The van der Waals surface area contributed by atoms with Crippen molar-refractivity contribution in [3.05, 3.63) is 29.3 Å². The van der Waals surface area contributed by atoms with Crippen molar-refractivity contribution >= 4 is 15.9 Å². The van der Waals surface area contributed by atoms with Gasteiger partial charge in [0.25, 0.3) is 5.91 Å². The Hall–Kier alpha value is -1.40. The van der Waals surface area contributed by atoms with Gasteiger partial charge in [0.2, 0.25) is 10.0 Å². The first-order valence-electron chi connectivity index (χ1n) is 9.97. The number of benzene rings is 1. The molecule has 1 heterocycles. The smallest absolute Gasteiger partial charge is 0.251 e. The summed E-state index contributed by atoms with van der Waals surface area (Å²) in [7, 11) is -3.51. The molecule has 6 heteroatoms. The summed E-state index contributed by atoms with van der Waals surface area (Å²) in [4.78, 5) is 13.3. The van der Waals surface area contributed by atoms with Crippen LogP contribution in [0.1, 0.15) is 62.4 Å². The van der Waals surface area contributed by atoms with Gasteiger partial charge in [0, 0.05) is 24.7 Å². The summed E-state index contributed by atoms with van der Waals surface area (Å²) in [6.07, 6.45) is 4.44. The van der Waals surface area contributed by atoms with Gasteiger partial charge in [-0.1, -0.05) is 26.8 Å². The SMILES string of the molecule is Cc1ccc(C(=O)NC2C(C)(C)[C@@H]3CC[C@]2(C)C3)cc1S(=O)(=O)N1CCC1. The quantitative estimate of drug-likeness (QED) is 0.857. The summed E-state index contributed by atoms with van der Waals surface area (Å²) in [5.74, 6) is 0.482. The van der Waals surface area contributed by atoms with Crippen molar-refractivity contribution in [2.45, 2.75) is 64.3 Å². The maximum atomic E-state index is 13.0. The minimum absolute atomic E-state index is 0.0693. The number of carbonyl (C=O) groups excluding carboxylic acids is 1. The van der Waals surface area contributed by atoms with E-state index < -0.39 is 10.0 Å². The van der Waals surface area contributed by atoms with Crippen molar-refractivity contribution in [2.75, 3.05) is 13.1 Å². The molecule has 3 fully saturated rings. The summed E-state index contributed by atoms with van der Waals surface area (Å²) in [6.45, 7) is 9.70. The summed E-state index contributed by atoms with van der Waals surface area (Å²) < 4.78 is 27.1. The van der Waals surface area contributed by atoms with Crippen molar-refractivity contribution in [1.29, 1.82) is 0 Å². The Morgan fingerprint density at radius 3 is 2.48 bits per heavy atom. The van der Waals surface area contributed by atoms with E-state index in [-0.39, 0.29) is 27.7 Å². The third kappa shape index (κ3) is 2.83. The minimum atomic E-state index is -3.51. The van der Waals surface area contributed by atoms with Crippen LogP contribution in [0.2, 0.25) is 0 Å². The molecule has 2 aliphatic carbocycles. The molecule has 3 aliphatic rings. The van der Waals surface area contributed by atoms with Gasteiger partial charge in [-0.3, -0.25) is 4.79 Å². The number of sulfonamides is 1. The predicted octanol–water partition coefficient (Wildman–Crippen LogP) is 3.33. The Bertz CT molecular complexity index is 884. The molecular formula is C21H30N2O3S. The number of carbonyl (C=O) groups is 1. The second-order valence-corrected chi connectivity index (χ2v) is 11.5. The Labute approximate surface area is 162 Å². The van der Waals surface area contributed by atoms with Crippen molar-refractivity contribution in [1.82, 2.24) is 9.62 Å². The van der Waals surface area contributed by atoms with E-state index in [4.69, 9.17) is 0 Å². The van der Waals surface area contributed by atoms with Crippen LogP contribution in [-0.4, -0.2) is 37.8 Å². The number of fused-ring (bicyclic) bond motifs is 2. The first kappa shape index (κ1) is 18.9. The molecule has 1 unspecified atom stereocenters. The van der Waals surface area contributed by atoms with Crippen molar-refractivity contribution in [3.8, 4) is 0 Å². The van der Waals surface area contributed by atoms with E-state index in [9.17, 15) is 13.2 Å². The van der Waals surface area contributed by atoms with E-state index in [2.05, 4.69) is 26.1 Å². The van der Waals surface area contributed by atoms with Crippen LogP contribution in [-0.2, 0) is 10.0 Å². The largest absolute Gasteiger partial charge is 0.348 e. The van der Waals surface area contributed by atoms with Gasteiger partial charge in [-0.05, 0) is 67.1 Å². The summed E-state index contributed by atoms with van der Waals surface area (Å²) in [5.41, 5.74) is 1.33. The number of amides is 1. The molecule has 2 bridgehead atoms. The van der Waals surface area contributed by atoms with Gasteiger partial charge in [0.05, 0.1) is 4.90 Å². The second kappa shape index (κ2) is 6.05. The van der Waals surface area contributed by atoms with Crippen LogP contribution in [0.15, 0.2) is 23.1 Å². The number of hydrogen-bond acceptors (Lipinski definition) is 3. The van der Waals surface area contributed by atoms with E-state index in [0.29, 0.717) is 30.1 Å². The zero-order valence-electron chi connectivity index (χ0n) is 16.7. The molecular weight excluding hydrogens is 360 g/mol. The highest BCUT2D eigenvalue weighted by atomic mass is 32.2. The Morgan fingerprint density at radius 2 is 1.93 bits per heavy atom. The standard InChI is InChI=1S/C21H30N2O3S/c1-14-6-7-15(12-17(14)27(25,26)23-10-5-11-23)18(24)22-19-20(2,3)16-8-9-21(19,4)13-16/h6-7,12,16,19H,5,8-11,13H2,1-4H3,(H,22,24)/t16-,19?,21-/m1/s1. The lowest BCUT2D eigenvalue weighted by atomic mass is 9.68. The predicted molar refractivity (Wildman–Crippen MR) is 105 cm³/mol. The fourth-order valence-electron chi connectivity index (χ4n) is 5.56.